The predicted molar refractivity (Wildman–Crippen MR) is 84.2 cm³/mol. The normalized spacial score (nSPS) is 19.7. The maximum absolute atomic E-state index is 12.6. The van der Waals surface area contributed by atoms with Crippen LogP contribution in [0.3, 0.4) is 0 Å². The second kappa shape index (κ2) is 6.38. The maximum Gasteiger partial charge on any atom is 0.253 e. The number of hydrogen-bond acceptors (Lipinski definition) is 3. The molecule has 2 aliphatic rings. The van der Waals surface area contributed by atoms with Crippen molar-refractivity contribution in [1.29, 1.82) is 0 Å². The van der Waals surface area contributed by atoms with E-state index in [1.165, 1.54) is 6.07 Å². The van der Waals surface area contributed by atoms with Gasteiger partial charge in [-0.3, -0.25) is 4.79 Å². The van der Waals surface area contributed by atoms with E-state index in [4.69, 9.17) is 0 Å². The number of benzene rings is 1. The van der Waals surface area contributed by atoms with Gasteiger partial charge >= 0.3 is 0 Å². The molecule has 0 unspecified atom stereocenters. The number of nitrogens with one attached hydrogen (secondary N) is 1. The second-order valence-electron chi connectivity index (χ2n) is 6.13. The molecule has 1 aromatic rings. The fourth-order valence-electron chi connectivity index (χ4n) is 2.74. The predicted octanol–water partition coefficient (Wildman–Crippen LogP) is 2.14. The number of sulfonamides is 1. The third-order valence-corrected chi connectivity index (χ3v) is 5.70. The Morgan fingerprint density at radius 1 is 1.09 bits per heavy atom. The Labute approximate surface area is 131 Å². The Morgan fingerprint density at radius 3 is 2.41 bits per heavy atom. The molecule has 1 aliphatic heterocycles. The molecule has 120 valence electrons. The molecule has 0 aromatic heterocycles. The lowest BCUT2D eigenvalue weighted by Gasteiger charge is -2.20. The number of carbonyl (C=O) groups excluding carboxylic acids is 1. The van der Waals surface area contributed by atoms with Crippen molar-refractivity contribution < 1.29 is 13.2 Å². The summed E-state index contributed by atoms with van der Waals surface area (Å²) < 4.78 is 27.2. The zero-order valence-electron chi connectivity index (χ0n) is 12.6. The SMILES string of the molecule is O=C(c1cccc(S(=O)(=O)NC2CC2)c1)N1CCCCCC1. The first-order chi connectivity index (χ1) is 10.6. The van der Waals surface area contributed by atoms with Crippen molar-refractivity contribution in [3.05, 3.63) is 29.8 Å². The van der Waals surface area contributed by atoms with E-state index < -0.39 is 10.0 Å². The van der Waals surface area contributed by atoms with E-state index in [0.29, 0.717) is 5.56 Å². The van der Waals surface area contributed by atoms with E-state index in [9.17, 15) is 13.2 Å². The highest BCUT2D eigenvalue weighted by Crippen LogP contribution is 2.23. The van der Waals surface area contributed by atoms with Gasteiger partial charge in [-0.15, -0.1) is 0 Å². The number of nitrogens with zero attached hydrogens (tertiary/aromatic N) is 1. The number of hydrogen-bond donors (Lipinski definition) is 1. The maximum atomic E-state index is 12.6. The molecule has 0 atom stereocenters. The van der Waals surface area contributed by atoms with Gasteiger partial charge in [0.2, 0.25) is 10.0 Å². The van der Waals surface area contributed by atoms with Crippen LogP contribution in [-0.4, -0.2) is 38.4 Å². The number of amides is 1. The van der Waals surface area contributed by atoms with Gasteiger partial charge in [0.15, 0.2) is 0 Å². The van der Waals surface area contributed by atoms with Crippen molar-refractivity contribution in [1.82, 2.24) is 9.62 Å². The highest BCUT2D eigenvalue weighted by atomic mass is 32.2. The first-order valence-electron chi connectivity index (χ1n) is 7.98. The molecule has 5 nitrogen and oxygen atoms in total. The minimum Gasteiger partial charge on any atom is -0.339 e. The average Bonchev–Trinajstić information content (AvgIpc) is 3.33. The van der Waals surface area contributed by atoms with Crippen LogP contribution in [0, 0.1) is 0 Å². The first-order valence-corrected chi connectivity index (χ1v) is 9.46. The van der Waals surface area contributed by atoms with Crippen LogP contribution in [0.15, 0.2) is 29.2 Å². The molecule has 1 saturated heterocycles. The van der Waals surface area contributed by atoms with E-state index >= 15 is 0 Å². The van der Waals surface area contributed by atoms with Crippen LogP contribution in [0.2, 0.25) is 0 Å². The Bertz CT molecular complexity index is 645. The fourth-order valence-corrected chi connectivity index (χ4v) is 4.09. The molecule has 1 aromatic carbocycles. The first kappa shape index (κ1) is 15.5. The van der Waals surface area contributed by atoms with E-state index in [1.807, 2.05) is 4.90 Å². The van der Waals surface area contributed by atoms with E-state index in [-0.39, 0.29) is 16.8 Å². The lowest BCUT2D eigenvalue weighted by atomic mass is 10.2. The van der Waals surface area contributed by atoms with Gasteiger partial charge in [-0.25, -0.2) is 13.1 Å². The summed E-state index contributed by atoms with van der Waals surface area (Å²) in [6.07, 6.45) is 6.14. The van der Waals surface area contributed by atoms with Crippen LogP contribution >= 0.6 is 0 Å². The Balaban J connectivity index is 1.79. The van der Waals surface area contributed by atoms with Gasteiger partial charge in [0, 0.05) is 24.7 Å². The zero-order valence-corrected chi connectivity index (χ0v) is 13.4. The van der Waals surface area contributed by atoms with Crippen LogP contribution in [0.4, 0.5) is 0 Å². The summed E-state index contributed by atoms with van der Waals surface area (Å²) >= 11 is 0. The van der Waals surface area contributed by atoms with Crippen LogP contribution < -0.4 is 4.72 Å². The highest BCUT2D eigenvalue weighted by Gasteiger charge is 2.28. The molecule has 3 rings (SSSR count). The summed E-state index contributed by atoms with van der Waals surface area (Å²) in [5, 5.41) is 0. The van der Waals surface area contributed by atoms with Gasteiger partial charge in [-0.1, -0.05) is 18.9 Å². The molecule has 2 fully saturated rings. The summed E-state index contributed by atoms with van der Waals surface area (Å²) in [5.74, 6) is -0.0645. The number of carbonyl (C=O) groups is 1. The third-order valence-electron chi connectivity index (χ3n) is 4.18. The van der Waals surface area contributed by atoms with Crippen molar-refractivity contribution in [2.24, 2.45) is 0 Å². The van der Waals surface area contributed by atoms with Gasteiger partial charge in [-0.2, -0.15) is 0 Å². The molecule has 1 saturated carbocycles. The molecule has 1 amide bonds. The lowest BCUT2D eigenvalue weighted by Crippen LogP contribution is -2.32. The highest BCUT2D eigenvalue weighted by molar-refractivity contribution is 7.89. The molecule has 0 radical (unpaired) electrons. The van der Waals surface area contributed by atoms with Crippen molar-refractivity contribution in [3.63, 3.8) is 0 Å². The Morgan fingerprint density at radius 2 is 1.77 bits per heavy atom. The van der Waals surface area contributed by atoms with Gasteiger partial charge in [-0.05, 0) is 43.9 Å². The van der Waals surface area contributed by atoms with E-state index in [0.717, 1.165) is 51.6 Å². The van der Waals surface area contributed by atoms with Crippen molar-refractivity contribution in [3.8, 4) is 0 Å². The second-order valence-corrected chi connectivity index (χ2v) is 7.84. The molecule has 6 heteroatoms. The van der Waals surface area contributed by atoms with E-state index in [2.05, 4.69) is 4.72 Å². The summed E-state index contributed by atoms with van der Waals surface area (Å²) in [6, 6.07) is 6.45. The smallest absolute Gasteiger partial charge is 0.253 e. The van der Waals surface area contributed by atoms with Crippen LogP contribution in [0.25, 0.3) is 0 Å². The van der Waals surface area contributed by atoms with Crippen LogP contribution in [0.5, 0.6) is 0 Å². The van der Waals surface area contributed by atoms with Gasteiger partial charge < -0.3 is 4.90 Å². The molecule has 1 aliphatic carbocycles. The summed E-state index contributed by atoms with van der Waals surface area (Å²) in [4.78, 5) is 14.6. The minimum atomic E-state index is -3.51. The topological polar surface area (TPSA) is 66.5 Å². The number of rotatable bonds is 4. The van der Waals surface area contributed by atoms with E-state index in [1.54, 1.807) is 18.2 Å². The molecule has 0 bridgehead atoms. The molecule has 1 heterocycles. The summed E-state index contributed by atoms with van der Waals surface area (Å²) in [7, 11) is -3.51. The van der Waals surface area contributed by atoms with Crippen molar-refractivity contribution >= 4 is 15.9 Å². The molecule has 22 heavy (non-hydrogen) atoms. The Hall–Kier alpha value is -1.40. The third kappa shape index (κ3) is 3.67. The average molecular weight is 322 g/mol. The summed E-state index contributed by atoms with van der Waals surface area (Å²) in [5.41, 5.74) is 0.459. The molecule has 0 spiro atoms. The van der Waals surface area contributed by atoms with Crippen molar-refractivity contribution in [2.75, 3.05) is 13.1 Å². The number of likely N-dealkylation sites (tertiary alicyclic amines) is 1. The standard InChI is InChI=1S/C16H22N2O3S/c19-16(18-10-3-1-2-4-11-18)13-6-5-7-15(12-13)22(20,21)17-14-8-9-14/h5-7,12,14,17H,1-4,8-11H2. The lowest BCUT2D eigenvalue weighted by molar-refractivity contribution is 0.0761. The summed E-state index contributed by atoms with van der Waals surface area (Å²) in [6.45, 7) is 1.52. The molecule has 1 N–H and O–H groups in total. The zero-order chi connectivity index (χ0) is 15.6. The van der Waals surface area contributed by atoms with Gasteiger partial charge in [0.1, 0.15) is 0 Å². The van der Waals surface area contributed by atoms with Gasteiger partial charge in [0.05, 0.1) is 4.90 Å². The van der Waals surface area contributed by atoms with Crippen LogP contribution in [-0.2, 0) is 10.0 Å². The molecular formula is C16H22N2O3S. The minimum absolute atomic E-state index is 0.0645. The fraction of sp³-hybridized carbons (Fsp3) is 0.562. The van der Waals surface area contributed by atoms with Gasteiger partial charge in [0.25, 0.3) is 5.91 Å². The van der Waals surface area contributed by atoms with Crippen molar-refractivity contribution in [2.45, 2.75) is 49.5 Å². The largest absolute Gasteiger partial charge is 0.339 e. The monoisotopic (exact) mass is 322 g/mol. The Kier molecular flexibility index (Phi) is 4.49. The quantitative estimate of drug-likeness (QED) is 0.923. The van der Waals surface area contributed by atoms with Crippen LogP contribution in [0.1, 0.15) is 48.9 Å². The molecular weight excluding hydrogens is 300 g/mol.